The second-order valence-corrected chi connectivity index (χ2v) is 3.84. The summed E-state index contributed by atoms with van der Waals surface area (Å²) in [4.78, 5) is 0. The lowest BCUT2D eigenvalue weighted by Crippen LogP contribution is -1.93. The van der Waals surface area contributed by atoms with Gasteiger partial charge in [-0.1, -0.05) is 11.6 Å². The average molecular weight is 237 g/mol. The van der Waals surface area contributed by atoms with Crippen molar-refractivity contribution in [3.05, 3.63) is 35.6 Å². The molecule has 0 atom stereocenters. The van der Waals surface area contributed by atoms with Crippen LogP contribution in [0.15, 0.2) is 35.7 Å². The van der Waals surface area contributed by atoms with Crippen molar-refractivity contribution in [2.24, 2.45) is 0 Å². The zero-order valence-corrected chi connectivity index (χ0v) is 9.03. The van der Waals surface area contributed by atoms with Gasteiger partial charge in [-0.3, -0.25) is 4.57 Å². The predicted molar refractivity (Wildman–Crippen MR) is 57.8 cm³/mol. The Labute approximate surface area is 95.5 Å². The third-order valence-electron chi connectivity index (χ3n) is 1.76. The SMILES string of the molecule is N#CSc1nncn1-c1ccc(Cl)cc1. The molecule has 0 radical (unpaired) electrons. The van der Waals surface area contributed by atoms with Crippen LogP contribution in [0.5, 0.6) is 0 Å². The van der Waals surface area contributed by atoms with Gasteiger partial charge in [-0.2, -0.15) is 5.26 Å². The second-order valence-electron chi connectivity index (χ2n) is 2.65. The lowest BCUT2D eigenvalue weighted by molar-refractivity contribution is 0.888. The van der Waals surface area contributed by atoms with Crippen molar-refractivity contribution in [3.8, 4) is 11.1 Å². The summed E-state index contributed by atoms with van der Waals surface area (Å²) in [6.45, 7) is 0. The minimum absolute atomic E-state index is 0.542. The summed E-state index contributed by atoms with van der Waals surface area (Å²) in [5, 5.41) is 19.3. The molecule has 1 aromatic heterocycles. The zero-order valence-electron chi connectivity index (χ0n) is 7.46. The third-order valence-corrected chi connectivity index (χ3v) is 2.56. The lowest BCUT2D eigenvalue weighted by Gasteiger charge is -2.02. The quantitative estimate of drug-likeness (QED) is 0.594. The van der Waals surface area contributed by atoms with Gasteiger partial charge in [-0.15, -0.1) is 10.2 Å². The highest BCUT2D eigenvalue weighted by molar-refractivity contribution is 8.03. The van der Waals surface area contributed by atoms with Crippen LogP contribution >= 0.6 is 23.4 Å². The normalized spacial score (nSPS) is 9.87. The van der Waals surface area contributed by atoms with Crippen LogP contribution in [0.4, 0.5) is 0 Å². The fraction of sp³-hybridized carbons (Fsp3) is 0. The molecule has 0 bridgehead atoms. The first-order chi connectivity index (χ1) is 7.31. The van der Waals surface area contributed by atoms with E-state index in [1.807, 2.05) is 17.5 Å². The number of hydrogen-bond donors (Lipinski definition) is 0. The van der Waals surface area contributed by atoms with Crippen LogP contribution in [0.25, 0.3) is 5.69 Å². The van der Waals surface area contributed by atoms with Crippen LogP contribution in [-0.4, -0.2) is 14.8 Å². The summed E-state index contributed by atoms with van der Waals surface area (Å²) >= 11 is 6.75. The topological polar surface area (TPSA) is 54.5 Å². The number of nitriles is 1. The molecule has 4 nitrogen and oxygen atoms in total. The molecule has 74 valence electrons. The molecule has 15 heavy (non-hydrogen) atoms. The van der Waals surface area contributed by atoms with E-state index >= 15 is 0 Å². The average Bonchev–Trinajstić information content (AvgIpc) is 2.68. The van der Waals surface area contributed by atoms with E-state index in [-0.39, 0.29) is 0 Å². The Bertz CT molecular complexity index is 500. The van der Waals surface area contributed by atoms with Crippen molar-refractivity contribution in [3.63, 3.8) is 0 Å². The largest absolute Gasteiger partial charge is 0.276 e. The Morgan fingerprint density at radius 1 is 1.33 bits per heavy atom. The third kappa shape index (κ3) is 2.12. The van der Waals surface area contributed by atoms with Crippen molar-refractivity contribution < 1.29 is 0 Å². The number of thioether (sulfide) groups is 1. The number of nitrogens with zero attached hydrogens (tertiary/aromatic N) is 4. The van der Waals surface area contributed by atoms with Gasteiger partial charge in [0.2, 0.25) is 5.16 Å². The number of thiocyanates is 1. The maximum absolute atomic E-state index is 8.56. The molecule has 0 N–H and O–H groups in total. The molecule has 0 spiro atoms. The first-order valence-electron chi connectivity index (χ1n) is 4.03. The van der Waals surface area contributed by atoms with E-state index < -0.39 is 0 Å². The van der Waals surface area contributed by atoms with Gasteiger partial charge in [0, 0.05) is 22.5 Å². The van der Waals surface area contributed by atoms with Crippen LogP contribution in [-0.2, 0) is 0 Å². The summed E-state index contributed by atoms with van der Waals surface area (Å²) in [5.41, 5.74) is 0.877. The molecular formula is C9H5ClN4S. The van der Waals surface area contributed by atoms with Crippen molar-refractivity contribution in [2.75, 3.05) is 0 Å². The Kier molecular flexibility index (Phi) is 2.90. The van der Waals surface area contributed by atoms with Gasteiger partial charge in [-0.25, -0.2) is 0 Å². The molecule has 0 aliphatic heterocycles. The highest BCUT2D eigenvalue weighted by atomic mass is 35.5. The van der Waals surface area contributed by atoms with E-state index in [4.69, 9.17) is 16.9 Å². The molecule has 0 amide bonds. The van der Waals surface area contributed by atoms with Crippen LogP contribution in [0.3, 0.4) is 0 Å². The van der Waals surface area contributed by atoms with Crippen molar-refractivity contribution in [2.45, 2.75) is 5.16 Å². The monoisotopic (exact) mass is 236 g/mol. The number of aromatic nitrogens is 3. The van der Waals surface area contributed by atoms with Gasteiger partial charge in [0.15, 0.2) is 0 Å². The summed E-state index contributed by atoms with van der Waals surface area (Å²) in [5.74, 6) is 0. The minimum atomic E-state index is 0.542. The number of rotatable bonds is 2. The summed E-state index contributed by atoms with van der Waals surface area (Å²) in [6, 6.07) is 7.23. The molecule has 0 saturated heterocycles. The van der Waals surface area contributed by atoms with Crippen LogP contribution in [0.2, 0.25) is 5.02 Å². The summed E-state index contributed by atoms with van der Waals surface area (Å²) in [7, 11) is 0. The molecule has 0 unspecified atom stereocenters. The molecule has 0 fully saturated rings. The molecule has 0 saturated carbocycles. The van der Waals surface area contributed by atoms with E-state index in [2.05, 4.69) is 10.2 Å². The van der Waals surface area contributed by atoms with E-state index in [9.17, 15) is 0 Å². The van der Waals surface area contributed by atoms with Crippen LogP contribution < -0.4 is 0 Å². The van der Waals surface area contributed by atoms with E-state index in [0.29, 0.717) is 10.2 Å². The highest BCUT2D eigenvalue weighted by Crippen LogP contribution is 2.19. The smallest absolute Gasteiger partial charge is 0.210 e. The molecule has 0 aliphatic rings. The molecule has 6 heteroatoms. The molecule has 1 aromatic carbocycles. The van der Waals surface area contributed by atoms with Gasteiger partial charge in [0.25, 0.3) is 0 Å². The molecule has 0 aliphatic carbocycles. The molecule has 2 rings (SSSR count). The van der Waals surface area contributed by atoms with Crippen LogP contribution in [0.1, 0.15) is 0 Å². The van der Waals surface area contributed by atoms with Crippen molar-refractivity contribution in [1.82, 2.24) is 14.8 Å². The Morgan fingerprint density at radius 2 is 2.07 bits per heavy atom. The highest BCUT2D eigenvalue weighted by Gasteiger charge is 2.06. The zero-order chi connectivity index (χ0) is 10.7. The number of benzene rings is 1. The lowest BCUT2D eigenvalue weighted by atomic mass is 10.3. The predicted octanol–water partition coefficient (Wildman–Crippen LogP) is 2.49. The first-order valence-corrected chi connectivity index (χ1v) is 5.22. The van der Waals surface area contributed by atoms with Gasteiger partial charge >= 0.3 is 0 Å². The van der Waals surface area contributed by atoms with Crippen LogP contribution in [0, 0.1) is 10.7 Å². The van der Waals surface area contributed by atoms with Crippen molar-refractivity contribution in [1.29, 1.82) is 5.26 Å². The molecule has 1 heterocycles. The van der Waals surface area contributed by atoms with Crippen molar-refractivity contribution >= 4 is 23.4 Å². The van der Waals surface area contributed by atoms with Gasteiger partial charge < -0.3 is 0 Å². The number of halogens is 1. The van der Waals surface area contributed by atoms with Gasteiger partial charge in [0.05, 0.1) is 0 Å². The molecular weight excluding hydrogens is 232 g/mol. The Morgan fingerprint density at radius 3 is 2.73 bits per heavy atom. The first kappa shape index (κ1) is 10.0. The van der Waals surface area contributed by atoms with E-state index in [1.165, 1.54) is 0 Å². The fourth-order valence-corrected chi connectivity index (χ4v) is 1.66. The maximum atomic E-state index is 8.56. The second kappa shape index (κ2) is 4.34. The summed E-state index contributed by atoms with van der Waals surface area (Å²) < 4.78 is 1.73. The van der Waals surface area contributed by atoms with E-state index in [0.717, 1.165) is 17.4 Å². The van der Waals surface area contributed by atoms with Gasteiger partial charge in [-0.05, 0) is 24.3 Å². The van der Waals surface area contributed by atoms with E-state index in [1.54, 1.807) is 23.0 Å². The number of hydrogen-bond acceptors (Lipinski definition) is 4. The van der Waals surface area contributed by atoms with Gasteiger partial charge in [0.1, 0.15) is 11.7 Å². The molecule has 2 aromatic rings. The Hall–Kier alpha value is -1.51. The fourth-order valence-electron chi connectivity index (χ4n) is 1.11. The maximum Gasteiger partial charge on any atom is 0.210 e. The minimum Gasteiger partial charge on any atom is -0.276 e. The summed E-state index contributed by atoms with van der Waals surface area (Å²) in [6.07, 6.45) is 1.56. The Balaban J connectivity index is 2.41. The standard InChI is InChI=1S/C9H5ClN4S/c10-7-1-3-8(4-2-7)14-6-12-13-9(14)15-5-11/h1-4,6H.